The zero-order chi connectivity index (χ0) is 42.7. The van der Waals surface area contributed by atoms with Crippen LogP contribution in [-0.4, -0.2) is 9.13 Å². The van der Waals surface area contributed by atoms with E-state index in [-0.39, 0.29) is 22.6 Å². The minimum absolute atomic E-state index is 0.0106. The number of halogens is 3. The van der Waals surface area contributed by atoms with Gasteiger partial charge in [-0.1, -0.05) is 78.9 Å². The Morgan fingerprint density at radius 1 is 0.532 bits per heavy atom. The minimum atomic E-state index is -4.74. The summed E-state index contributed by atoms with van der Waals surface area (Å²) >= 11 is 0. The van der Waals surface area contributed by atoms with Gasteiger partial charge in [-0.2, -0.15) is 34.2 Å². The molecule has 6 nitrogen and oxygen atoms in total. The van der Waals surface area contributed by atoms with Gasteiger partial charge in [0.2, 0.25) is 0 Å². The largest absolute Gasteiger partial charge is 0.416 e. The Morgan fingerprint density at radius 2 is 1.19 bits per heavy atom. The van der Waals surface area contributed by atoms with E-state index in [1.807, 2.05) is 114 Å². The van der Waals surface area contributed by atoms with Gasteiger partial charge >= 0.3 is 6.18 Å². The highest BCUT2D eigenvalue weighted by atomic mass is 19.4. The van der Waals surface area contributed by atoms with Gasteiger partial charge in [-0.3, -0.25) is 0 Å². The SMILES string of the molecule is N#Cc1cccc(-c2ccc3c(c2)c2ccccc2n3-c2c(-c3cc(C#N)cc(C(F)(F)F)c3)ccc(-n3c4c(c5ccccc53)CC(c3cccc(C#N)c3)C=C4)c2C#N)c1. The average Bonchev–Trinajstić information content (AvgIpc) is 3.82. The third-order valence-electron chi connectivity index (χ3n) is 11.8. The van der Waals surface area contributed by atoms with Gasteiger partial charge in [0.15, 0.2) is 0 Å². The molecule has 9 aromatic rings. The second kappa shape index (κ2) is 14.6. The van der Waals surface area contributed by atoms with Crippen LogP contribution in [0.5, 0.6) is 0 Å². The standard InChI is InChI=1S/C53H29F3N6/c54-53(55,56)40-24-34(30-59)23-39(25-40)41-17-20-51(61-47-13-3-1-11-42(47)44-26-37(15-18-49(44)61)35-9-5-7-32(21-35)28-57)46(31-60)52(41)62-48-14-4-2-12-43(48)45-27-38(16-19-50(45)62)36-10-6-8-33(22-36)29-58/h1-25,27,37H,26H2. The molecule has 0 fully saturated rings. The van der Waals surface area contributed by atoms with Crippen LogP contribution in [0.15, 0.2) is 152 Å². The molecule has 292 valence electrons. The molecular weight excluding hydrogens is 778 g/mol. The van der Waals surface area contributed by atoms with Crippen LogP contribution in [0.1, 0.15) is 50.6 Å². The van der Waals surface area contributed by atoms with Gasteiger partial charge < -0.3 is 9.13 Å². The van der Waals surface area contributed by atoms with Crippen molar-refractivity contribution in [2.45, 2.75) is 18.5 Å². The molecule has 9 heteroatoms. The molecule has 2 heterocycles. The van der Waals surface area contributed by atoms with Crippen LogP contribution in [-0.2, 0) is 12.6 Å². The lowest BCUT2D eigenvalue weighted by Crippen LogP contribution is -2.10. The summed E-state index contributed by atoms with van der Waals surface area (Å²) in [5.41, 5.74) is 8.43. The first-order chi connectivity index (χ1) is 30.2. The highest BCUT2D eigenvalue weighted by molar-refractivity contribution is 6.11. The molecule has 1 aliphatic carbocycles. The van der Waals surface area contributed by atoms with E-state index in [1.165, 1.54) is 6.07 Å². The molecule has 1 atom stereocenters. The molecule has 62 heavy (non-hydrogen) atoms. The van der Waals surface area contributed by atoms with Crippen molar-refractivity contribution in [2.24, 2.45) is 0 Å². The van der Waals surface area contributed by atoms with Crippen molar-refractivity contribution >= 4 is 38.8 Å². The molecule has 1 aliphatic rings. The number of benzene rings is 7. The Hall–Kier alpha value is -8.63. The maximum atomic E-state index is 14.5. The van der Waals surface area contributed by atoms with Gasteiger partial charge in [-0.05, 0) is 113 Å². The first-order valence-electron chi connectivity index (χ1n) is 19.7. The van der Waals surface area contributed by atoms with Crippen molar-refractivity contribution in [1.29, 1.82) is 21.0 Å². The van der Waals surface area contributed by atoms with Crippen LogP contribution in [0.3, 0.4) is 0 Å². The smallest absolute Gasteiger partial charge is 0.308 e. The van der Waals surface area contributed by atoms with Crippen molar-refractivity contribution in [1.82, 2.24) is 9.13 Å². The Labute approximate surface area is 353 Å². The number of nitrogens with zero attached hydrogens (tertiary/aromatic N) is 6. The number of alkyl halides is 3. The third-order valence-corrected chi connectivity index (χ3v) is 11.8. The summed E-state index contributed by atoms with van der Waals surface area (Å²) in [4.78, 5) is 0. The normalized spacial score (nSPS) is 13.4. The molecule has 7 aromatic carbocycles. The van der Waals surface area contributed by atoms with E-state index in [2.05, 4.69) is 34.9 Å². The molecule has 2 aromatic heterocycles. The highest BCUT2D eigenvalue weighted by Crippen LogP contribution is 2.45. The van der Waals surface area contributed by atoms with E-state index in [0.717, 1.165) is 67.3 Å². The average molecular weight is 807 g/mol. The van der Waals surface area contributed by atoms with E-state index in [1.54, 1.807) is 24.3 Å². The van der Waals surface area contributed by atoms with Crippen LogP contribution in [0.2, 0.25) is 0 Å². The molecule has 0 saturated heterocycles. The van der Waals surface area contributed by atoms with Crippen molar-refractivity contribution in [3.8, 4) is 57.9 Å². The van der Waals surface area contributed by atoms with Gasteiger partial charge in [-0.25, -0.2) is 0 Å². The summed E-state index contributed by atoms with van der Waals surface area (Å²) in [6, 6.07) is 52.1. The van der Waals surface area contributed by atoms with Crippen molar-refractivity contribution < 1.29 is 13.2 Å². The molecule has 0 amide bonds. The number of hydrogen-bond donors (Lipinski definition) is 0. The number of nitriles is 4. The van der Waals surface area contributed by atoms with Gasteiger partial charge in [0, 0.05) is 33.3 Å². The van der Waals surface area contributed by atoms with E-state index in [4.69, 9.17) is 0 Å². The van der Waals surface area contributed by atoms with E-state index >= 15 is 0 Å². The quantitative estimate of drug-likeness (QED) is 0.173. The fourth-order valence-electron chi connectivity index (χ4n) is 9.05. The van der Waals surface area contributed by atoms with E-state index < -0.39 is 11.7 Å². The monoisotopic (exact) mass is 806 g/mol. The molecule has 0 saturated carbocycles. The van der Waals surface area contributed by atoms with Crippen LogP contribution < -0.4 is 0 Å². The Bertz CT molecular complexity index is 3560. The molecule has 0 bridgehead atoms. The minimum Gasteiger partial charge on any atom is -0.308 e. The molecule has 0 spiro atoms. The first kappa shape index (κ1) is 37.6. The summed E-state index contributed by atoms with van der Waals surface area (Å²) in [6.45, 7) is 0. The van der Waals surface area contributed by atoms with Gasteiger partial charge in [0.1, 0.15) is 11.6 Å². The molecule has 1 unspecified atom stereocenters. The van der Waals surface area contributed by atoms with Gasteiger partial charge in [0.25, 0.3) is 0 Å². The van der Waals surface area contributed by atoms with Crippen molar-refractivity contribution in [3.63, 3.8) is 0 Å². The zero-order valence-electron chi connectivity index (χ0n) is 32.6. The highest BCUT2D eigenvalue weighted by Gasteiger charge is 2.33. The fourth-order valence-corrected chi connectivity index (χ4v) is 9.05. The summed E-state index contributed by atoms with van der Waals surface area (Å²) < 4.78 is 47.4. The van der Waals surface area contributed by atoms with Gasteiger partial charge in [0.05, 0.1) is 68.4 Å². The summed E-state index contributed by atoms with van der Waals surface area (Å²) in [6.07, 6.45) is 0.0504. The second-order valence-corrected chi connectivity index (χ2v) is 15.3. The van der Waals surface area contributed by atoms with Crippen LogP contribution in [0, 0.1) is 45.3 Å². The van der Waals surface area contributed by atoms with Crippen molar-refractivity contribution in [3.05, 3.63) is 196 Å². The summed E-state index contributed by atoms with van der Waals surface area (Å²) in [7, 11) is 0. The molecule has 10 rings (SSSR count). The Balaban J connectivity index is 1.28. The van der Waals surface area contributed by atoms with E-state index in [0.29, 0.717) is 40.0 Å². The van der Waals surface area contributed by atoms with Crippen molar-refractivity contribution in [2.75, 3.05) is 0 Å². The van der Waals surface area contributed by atoms with E-state index in [9.17, 15) is 34.2 Å². The number of para-hydroxylation sites is 2. The predicted molar refractivity (Wildman–Crippen MR) is 234 cm³/mol. The maximum Gasteiger partial charge on any atom is 0.416 e. The molecule has 0 aliphatic heterocycles. The number of allylic oxidation sites excluding steroid dienone is 1. The molecule has 0 N–H and O–H groups in total. The van der Waals surface area contributed by atoms with Crippen LogP contribution in [0.25, 0.3) is 72.4 Å². The maximum absolute atomic E-state index is 14.5. The summed E-state index contributed by atoms with van der Waals surface area (Å²) in [5.74, 6) is -0.0106. The fraction of sp³-hybridized carbons (Fsp3) is 0.0566. The lowest BCUT2D eigenvalue weighted by Gasteiger charge is -2.22. The number of rotatable bonds is 5. The second-order valence-electron chi connectivity index (χ2n) is 15.3. The topological polar surface area (TPSA) is 105 Å². The lowest BCUT2D eigenvalue weighted by atomic mass is 9.86. The first-order valence-corrected chi connectivity index (χ1v) is 19.7. The Kier molecular flexibility index (Phi) is 8.85. The zero-order valence-corrected chi connectivity index (χ0v) is 32.6. The molecule has 0 radical (unpaired) electrons. The number of hydrogen-bond acceptors (Lipinski definition) is 4. The van der Waals surface area contributed by atoms with Crippen LogP contribution >= 0.6 is 0 Å². The Morgan fingerprint density at radius 3 is 1.94 bits per heavy atom. The van der Waals surface area contributed by atoms with Crippen LogP contribution in [0.4, 0.5) is 13.2 Å². The molecular formula is C53H29F3N6. The number of aromatic nitrogens is 2. The number of fused-ring (bicyclic) bond motifs is 6. The summed E-state index contributed by atoms with van der Waals surface area (Å²) in [5, 5.41) is 43.4. The predicted octanol–water partition coefficient (Wildman–Crippen LogP) is 12.9. The van der Waals surface area contributed by atoms with Gasteiger partial charge in [-0.15, -0.1) is 0 Å². The lowest BCUT2D eigenvalue weighted by molar-refractivity contribution is -0.137. The third kappa shape index (κ3) is 6.08.